The summed E-state index contributed by atoms with van der Waals surface area (Å²) in [5, 5.41) is 4.80. The Hall–Kier alpha value is -2.76. The molecule has 0 N–H and O–H groups in total. The monoisotopic (exact) mass is 348 g/mol. The SMILES string of the molecule is CC(C)c1nc(C2CCCN(c3ccccn3)C2)n(-c2ccncc2)n1. The van der Waals surface area contributed by atoms with Gasteiger partial charge < -0.3 is 4.90 Å². The summed E-state index contributed by atoms with van der Waals surface area (Å²) in [4.78, 5) is 15.9. The van der Waals surface area contributed by atoms with Crippen LogP contribution in [0.1, 0.15) is 50.2 Å². The van der Waals surface area contributed by atoms with Crippen LogP contribution in [0.2, 0.25) is 0 Å². The molecule has 0 radical (unpaired) electrons. The van der Waals surface area contributed by atoms with Gasteiger partial charge in [-0.1, -0.05) is 19.9 Å². The van der Waals surface area contributed by atoms with Crippen molar-refractivity contribution < 1.29 is 0 Å². The van der Waals surface area contributed by atoms with E-state index in [9.17, 15) is 0 Å². The number of hydrogen-bond donors (Lipinski definition) is 0. The molecule has 1 aliphatic heterocycles. The van der Waals surface area contributed by atoms with Crippen molar-refractivity contribution >= 4 is 5.82 Å². The highest BCUT2D eigenvalue weighted by Gasteiger charge is 2.28. The number of hydrogen-bond acceptors (Lipinski definition) is 5. The van der Waals surface area contributed by atoms with E-state index in [4.69, 9.17) is 10.1 Å². The lowest BCUT2D eigenvalue weighted by Gasteiger charge is -2.33. The van der Waals surface area contributed by atoms with Crippen molar-refractivity contribution in [1.82, 2.24) is 24.7 Å². The fraction of sp³-hybridized carbons (Fsp3) is 0.400. The molecule has 134 valence electrons. The highest BCUT2D eigenvalue weighted by molar-refractivity contribution is 5.39. The highest BCUT2D eigenvalue weighted by Crippen LogP contribution is 2.30. The molecule has 0 aliphatic carbocycles. The van der Waals surface area contributed by atoms with E-state index in [1.165, 1.54) is 0 Å². The Morgan fingerprint density at radius 2 is 1.92 bits per heavy atom. The molecule has 1 aliphatic rings. The normalized spacial score (nSPS) is 17.7. The largest absolute Gasteiger partial charge is 0.356 e. The van der Waals surface area contributed by atoms with Gasteiger partial charge in [0.25, 0.3) is 0 Å². The van der Waals surface area contributed by atoms with Crippen molar-refractivity contribution in [3.63, 3.8) is 0 Å². The predicted octanol–water partition coefficient (Wildman–Crippen LogP) is 3.56. The lowest BCUT2D eigenvalue weighted by Crippen LogP contribution is -2.35. The molecular formula is C20H24N6. The minimum atomic E-state index is 0.298. The first-order chi connectivity index (χ1) is 12.7. The van der Waals surface area contributed by atoms with E-state index in [2.05, 4.69) is 34.8 Å². The van der Waals surface area contributed by atoms with Crippen LogP contribution in [0.4, 0.5) is 5.82 Å². The first kappa shape index (κ1) is 16.7. The van der Waals surface area contributed by atoms with Gasteiger partial charge in [-0.15, -0.1) is 0 Å². The fourth-order valence-electron chi connectivity index (χ4n) is 3.46. The molecule has 1 unspecified atom stereocenters. The Labute approximate surface area is 153 Å². The zero-order chi connectivity index (χ0) is 17.9. The molecule has 6 nitrogen and oxygen atoms in total. The summed E-state index contributed by atoms with van der Waals surface area (Å²) in [6, 6.07) is 10.1. The number of piperidine rings is 1. The van der Waals surface area contributed by atoms with E-state index in [0.717, 1.165) is 49.1 Å². The smallest absolute Gasteiger partial charge is 0.153 e. The van der Waals surface area contributed by atoms with Crippen LogP contribution >= 0.6 is 0 Å². The third-order valence-electron chi connectivity index (χ3n) is 4.83. The van der Waals surface area contributed by atoms with Crippen molar-refractivity contribution in [3.05, 3.63) is 60.6 Å². The second-order valence-corrected chi connectivity index (χ2v) is 7.07. The summed E-state index contributed by atoms with van der Waals surface area (Å²) in [6.07, 6.45) is 7.70. The van der Waals surface area contributed by atoms with Gasteiger partial charge in [0.15, 0.2) is 5.82 Å². The summed E-state index contributed by atoms with van der Waals surface area (Å²) >= 11 is 0. The number of anilines is 1. The molecule has 0 aromatic carbocycles. The van der Waals surface area contributed by atoms with Gasteiger partial charge in [-0.3, -0.25) is 4.98 Å². The molecule has 3 aromatic heterocycles. The van der Waals surface area contributed by atoms with E-state index in [1.807, 2.05) is 35.1 Å². The van der Waals surface area contributed by atoms with Crippen molar-refractivity contribution in [1.29, 1.82) is 0 Å². The number of aromatic nitrogens is 5. The van der Waals surface area contributed by atoms with Gasteiger partial charge in [-0.2, -0.15) is 5.10 Å². The van der Waals surface area contributed by atoms with E-state index >= 15 is 0 Å². The third-order valence-corrected chi connectivity index (χ3v) is 4.83. The van der Waals surface area contributed by atoms with Crippen LogP contribution in [0.3, 0.4) is 0 Å². The highest BCUT2D eigenvalue weighted by atomic mass is 15.4. The van der Waals surface area contributed by atoms with Gasteiger partial charge in [0, 0.05) is 43.5 Å². The number of pyridine rings is 2. The molecule has 26 heavy (non-hydrogen) atoms. The molecule has 0 spiro atoms. The summed E-state index contributed by atoms with van der Waals surface area (Å²) in [6.45, 7) is 6.22. The Morgan fingerprint density at radius 3 is 2.65 bits per heavy atom. The van der Waals surface area contributed by atoms with E-state index in [0.29, 0.717) is 11.8 Å². The van der Waals surface area contributed by atoms with Gasteiger partial charge in [0.2, 0.25) is 0 Å². The molecular weight excluding hydrogens is 324 g/mol. The maximum absolute atomic E-state index is 4.92. The van der Waals surface area contributed by atoms with Gasteiger partial charge in [0.1, 0.15) is 11.6 Å². The standard InChI is InChI=1S/C20H24N6/c1-15(2)19-23-20(26(24-19)17-8-11-21-12-9-17)16-6-5-13-25(14-16)18-7-3-4-10-22-18/h3-4,7-12,15-16H,5-6,13-14H2,1-2H3. The maximum atomic E-state index is 4.92. The van der Waals surface area contributed by atoms with Crippen LogP contribution in [-0.4, -0.2) is 37.8 Å². The van der Waals surface area contributed by atoms with E-state index in [1.54, 1.807) is 12.4 Å². The third kappa shape index (κ3) is 3.31. The lowest BCUT2D eigenvalue weighted by molar-refractivity contribution is 0.480. The zero-order valence-electron chi connectivity index (χ0n) is 15.3. The Kier molecular flexibility index (Phi) is 4.65. The quantitative estimate of drug-likeness (QED) is 0.721. The zero-order valence-corrected chi connectivity index (χ0v) is 15.3. The second kappa shape index (κ2) is 7.23. The van der Waals surface area contributed by atoms with Gasteiger partial charge in [-0.05, 0) is 37.1 Å². The van der Waals surface area contributed by atoms with Crippen molar-refractivity contribution in [2.24, 2.45) is 0 Å². The first-order valence-corrected chi connectivity index (χ1v) is 9.25. The van der Waals surface area contributed by atoms with Crippen molar-refractivity contribution in [3.8, 4) is 5.69 Å². The van der Waals surface area contributed by atoms with Crippen LogP contribution in [0, 0.1) is 0 Å². The molecule has 3 aromatic rings. The molecule has 1 fully saturated rings. The van der Waals surface area contributed by atoms with Crippen LogP contribution in [0.15, 0.2) is 48.9 Å². The van der Waals surface area contributed by atoms with E-state index < -0.39 is 0 Å². The Bertz CT molecular complexity index is 843. The molecule has 4 heterocycles. The van der Waals surface area contributed by atoms with Gasteiger partial charge >= 0.3 is 0 Å². The molecule has 1 saturated heterocycles. The van der Waals surface area contributed by atoms with Gasteiger partial charge in [0.05, 0.1) is 5.69 Å². The summed E-state index contributed by atoms with van der Waals surface area (Å²) in [7, 11) is 0. The predicted molar refractivity (Wildman–Crippen MR) is 102 cm³/mol. The summed E-state index contributed by atoms with van der Waals surface area (Å²) < 4.78 is 2.00. The minimum absolute atomic E-state index is 0.298. The average molecular weight is 348 g/mol. The Morgan fingerprint density at radius 1 is 1.08 bits per heavy atom. The van der Waals surface area contributed by atoms with E-state index in [-0.39, 0.29) is 0 Å². The number of nitrogens with zero attached hydrogens (tertiary/aromatic N) is 6. The van der Waals surface area contributed by atoms with Crippen LogP contribution in [0.25, 0.3) is 5.69 Å². The van der Waals surface area contributed by atoms with Crippen molar-refractivity contribution in [2.45, 2.75) is 38.5 Å². The minimum Gasteiger partial charge on any atom is -0.356 e. The molecule has 0 amide bonds. The molecule has 0 bridgehead atoms. The average Bonchev–Trinajstić information content (AvgIpc) is 3.15. The van der Waals surface area contributed by atoms with Crippen LogP contribution in [-0.2, 0) is 0 Å². The molecule has 0 saturated carbocycles. The summed E-state index contributed by atoms with van der Waals surface area (Å²) in [5.74, 6) is 3.61. The van der Waals surface area contributed by atoms with Crippen LogP contribution < -0.4 is 4.90 Å². The Balaban J connectivity index is 1.68. The topological polar surface area (TPSA) is 59.7 Å². The lowest BCUT2D eigenvalue weighted by atomic mass is 9.97. The maximum Gasteiger partial charge on any atom is 0.153 e. The number of rotatable bonds is 4. The molecule has 1 atom stereocenters. The fourth-order valence-corrected chi connectivity index (χ4v) is 3.46. The molecule has 6 heteroatoms. The van der Waals surface area contributed by atoms with Gasteiger partial charge in [-0.25, -0.2) is 14.6 Å². The van der Waals surface area contributed by atoms with Crippen LogP contribution in [0.5, 0.6) is 0 Å². The second-order valence-electron chi connectivity index (χ2n) is 7.07. The van der Waals surface area contributed by atoms with Crippen molar-refractivity contribution in [2.75, 3.05) is 18.0 Å². The first-order valence-electron chi connectivity index (χ1n) is 9.25. The summed E-state index contributed by atoms with van der Waals surface area (Å²) in [5.41, 5.74) is 1.02. The molecule has 4 rings (SSSR count).